The van der Waals surface area contributed by atoms with Crippen molar-refractivity contribution in [3.63, 3.8) is 0 Å². The van der Waals surface area contributed by atoms with E-state index in [0.29, 0.717) is 0 Å². The molecule has 33 heavy (non-hydrogen) atoms. The molecule has 0 spiro atoms. The molecule has 1 fully saturated rings. The van der Waals surface area contributed by atoms with Crippen LogP contribution in [0.5, 0.6) is 0 Å². The zero-order chi connectivity index (χ0) is 22.9. The van der Waals surface area contributed by atoms with Crippen LogP contribution in [0.2, 0.25) is 0 Å². The average molecular weight is 443 g/mol. The third-order valence-electron chi connectivity index (χ3n) is 5.87. The molecule has 1 aromatic heterocycles. The van der Waals surface area contributed by atoms with Crippen LogP contribution in [0, 0.1) is 0 Å². The van der Waals surface area contributed by atoms with E-state index in [1.165, 1.54) is 17.7 Å². The maximum Gasteiger partial charge on any atom is 0.163 e. The van der Waals surface area contributed by atoms with Gasteiger partial charge in [-0.2, -0.15) is 0 Å². The molecule has 0 amide bonds. The number of nitrogens with zero attached hydrogens (tertiary/aromatic N) is 1. The van der Waals surface area contributed by atoms with Gasteiger partial charge in [-0.15, -0.1) is 0 Å². The molecule has 0 atom stereocenters. The van der Waals surface area contributed by atoms with Crippen molar-refractivity contribution in [3.05, 3.63) is 83.6 Å². The molecule has 1 saturated heterocycles. The van der Waals surface area contributed by atoms with Gasteiger partial charge < -0.3 is 9.72 Å². The van der Waals surface area contributed by atoms with Crippen LogP contribution in [0.4, 0.5) is 0 Å². The van der Waals surface area contributed by atoms with Gasteiger partial charge in [-0.25, -0.2) is 0 Å². The van der Waals surface area contributed by atoms with E-state index in [4.69, 9.17) is 4.74 Å². The summed E-state index contributed by atoms with van der Waals surface area (Å²) in [5, 5.41) is 1.12. The summed E-state index contributed by atoms with van der Waals surface area (Å²) >= 11 is 0. The zero-order valence-electron chi connectivity index (χ0n) is 18.8. The number of carbonyl (C=O) groups is 2. The van der Waals surface area contributed by atoms with Crippen molar-refractivity contribution in [2.45, 2.75) is 19.3 Å². The van der Waals surface area contributed by atoms with Gasteiger partial charge in [0.15, 0.2) is 11.6 Å². The number of hydrogen-bond donors (Lipinski definition) is 1. The molecule has 2 aromatic carbocycles. The van der Waals surface area contributed by atoms with Crippen LogP contribution in [-0.4, -0.2) is 54.3 Å². The van der Waals surface area contributed by atoms with Crippen LogP contribution in [0.15, 0.2) is 66.9 Å². The number of rotatable bonds is 10. The SMILES string of the molecule is O=C(/C=C/c1ccc(CCCN2CCOCC2)cc1)CC(=O)/C=C/c1ccc2cc[nH]c2c1. The predicted molar refractivity (Wildman–Crippen MR) is 133 cm³/mol. The number of nitrogens with one attached hydrogen (secondary N) is 1. The van der Waals surface area contributed by atoms with E-state index in [0.717, 1.165) is 67.7 Å². The lowest BCUT2D eigenvalue weighted by molar-refractivity contribution is -0.121. The van der Waals surface area contributed by atoms with Gasteiger partial charge in [-0.3, -0.25) is 14.5 Å². The minimum absolute atomic E-state index is 0.128. The average Bonchev–Trinajstić information content (AvgIpc) is 3.31. The first-order valence-electron chi connectivity index (χ1n) is 11.5. The summed E-state index contributed by atoms with van der Waals surface area (Å²) in [5.41, 5.74) is 4.20. The maximum absolute atomic E-state index is 12.2. The monoisotopic (exact) mass is 442 g/mol. The molecule has 0 aliphatic carbocycles. The Balaban J connectivity index is 1.20. The Kier molecular flexibility index (Phi) is 8.01. The molecule has 5 nitrogen and oxygen atoms in total. The molecule has 3 aromatic rings. The second-order valence-electron chi connectivity index (χ2n) is 8.40. The summed E-state index contributed by atoms with van der Waals surface area (Å²) in [5.74, 6) is -0.397. The fraction of sp³-hybridized carbons (Fsp3) is 0.286. The highest BCUT2D eigenvalue weighted by Gasteiger charge is 2.09. The lowest BCUT2D eigenvalue weighted by Gasteiger charge is -2.26. The number of morpholine rings is 1. The zero-order valence-corrected chi connectivity index (χ0v) is 18.8. The highest BCUT2D eigenvalue weighted by Crippen LogP contribution is 2.15. The van der Waals surface area contributed by atoms with Crippen molar-refractivity contribution in [1.82, 2.24) is 9.88 Å². The van der Waals surface area contributed by atoms with Gasteiger partial charge in [0.2, 0.25) is 0 Å². The fourth-order valence-electron chi connectivity index (χ4n) is 3.96. The van der Waals surface area contributed by atoms with Crippen molar-refractivity contribution in [1.29, 1.82) is 0 Å². The Morgan fingerprint density at radius 1 is 0.909 bits per heavy atom. The van der Waals surface area contributed by atoms with Gasteiger partial charge in [-0.05, 0) is 65.7 Å². The van der Waals surface area contributed by atoms with E-state index in [9.17, 15) is 9.59 Å². The van der Waals surface area contributed by atoms with Crippen molar-refractivity contribution >= 4 is 34.6 Å². The van der Waals surface area contributed by atoms with Crippen LogP contribution in [-0.2, 0) is 20.7 Å². The number of ether oxygens (including phenoxy) is 1. The molecular weight excluding hydrogens is 412 g/mol. The van der Waals surface area contributed by atoms with Crippen LogP contribution >= 0.6 is 0 Å². The molecule has 2 heterocycles. The van der Waals surface area contributed by atoms with Crippen molar-refractivity contribution in [2.24, 2.45) is 0 Å². The van der Waals surface area contributed by atoms with Gasteiger partial charge in [0, 0.05) is 24.8 Å². The number of H-pyrrole nitrogens is 1. The minimum atomic E-state index is -0.202. The number of aryl methyl sites for hydroxylation is 1. The van der Waals surface area contributed by atoms with Gasteiger partial charge in [-0.1, -0.05) is 48.6 Å². The van der Waals surface area contributed by atoms with E-state index in [-0.39, 0.29) is 18.0 Å². The molecule has 170 valence electrons. The van der Waals surface area contributed by atoms with Crippen LogP contribution in [0.3, 0.4) is 0 Å². The van der Waals surface area contributed by atoms with E-state index in [2.05, 4.69) is 22.0 Å². The number of fused-ring (bicyclic) bond motifs is 1. The first-order chi connectivity index (χ1) is 16.2. The Bertz CT molecular complexity index is 1140. The first-order valence-corrected chi connectivity index (χ1v) is 11.5. The van der Waals surface area contributed by atoms with Crippen molar-refractivity contribution in [3.8, 4) is 0 Å². The Labute approximate surface area is 194 Å². The van der Waals surface area contributed by atoms with Gasteiger partial charge in [0.25, 0.3) is 0 Å². The first kappa shape index (κ1) is 22.9. The molecule has 0 radical (unpaired) electrons. The smallest absolute Gasteiger partial charge is 0.163 e. The fourth-order valence-corrected chi connectivity index (χ4v) is 3.96. The summed E-state index contributed by atoms with van der Waals surface area (Å²) in [6.45, 7) is 4.83. The number of carbonyl (C=O) groups excluding carboxylic acids is 2. The summed E-state index contributed by atoms with van der Waals surface area (Å²) in [6, 6.07) is 16.2. The largest absolute Gasteiger partial charge is 0.379 e. The lowest BCUT2D eigenvalue weighted by atomic mass is 10.1. The molecular formula is C28H30N2O3. The topological polar surface area (TPSA) is 62.4 Å². The van der Waals surface area contributed by atoms with Crippen LogP contribution in [0.1, 0.15) is 29.5 Å². The highest BCUT2D eigenvalue weighted by atomic mass is 16.5. The van der Waals surface area contributed by atoms with E-state index in [1.54, 1.807) is 12.2 Å². The summed E-state index contributed by atoms with van der Waals surface area (Å²) in [6.07, 6.45) is 10.4. The molecule has 4 rings (SSSR count). The van der Waals surface area contributed by atoms with E-state index < -0.39 is 0 Å². The number of ketones is 2. The third-order valence-corrected chi connectivity index (χ3v) is 5.87. The number of hydrogen-bond acceptors (Lipinski definition) is 4. The summed E-state index contributed by atoms with van der Waals surface area (Å²) in [7, 11) is 0. The van der Waals surface area contributed by atoms with Crippen LogP contribution in [0.25, 0.3) is 23.1 Å². The second-order valence-corrected chi connectivity index (χ2v) is 8.40. The van der Waals surface area contributed by atoms with Gasteiger partial charge in [0.05, 0.1) is 19.6 Å². The molecule has 5 heteroatoms. The number of aromatic amines is 1. The normalized spacial score (nSPS) is 15.0. The number of benzene rings is 2. The number of aromatic nitrogens is 1. The lowest BCUT2D eigenvalue weighted by Crippen LogP contribution is -2.36. The molecule has 0 bridgehead atoms. The number of allylic oxidation sites excluding steroid dienone is 2. The minimum Gasteiger partial charge on any atom is -0.379 e. The van der Waals surface area contributed by atoms with Gasteiger partial charge >= 0.3 is 0 Å². The Morgan fingerprint density at radius 2 is 1.61 bits per heavy atom. The highest BCUT2D eigenvalue weighted by molar-refractivity contribution is 6.11. The quantitative estimate of drug-likeness (QED) is 0.366. The predicted octanol–water partition coefficient (Wildman–Crippen LogP) is 4.69. The molecule has 1 N–H and O–H groups in total. The van der Waals surface area contributed by atoms with E-state index in [1.807, 2.05) is 42.6 Å². The Hall–Kier alpha value is -3.28. The second kappa shape index (κ2) is 11.5. The molecule has 0 saturated carbocycles. The summed E-state index contributed by atoms with van der Waals surface area (Å²) in [4.78, 5) is 29.9. The van der Waals surface area contributed by atoms with Crippen molar-refractivity contribution < 1.29 is 14.3 Å². The maximum atomic E-state index is 12.2. The third kappa shape index (κ3) is 7.11. The standard InChI is InChI=1S/C28H30N2O3/c31-26(21-27(32)12-9-24-7-10-25-13-14-29-28(25)20-24)11-8-23-5-3-22(4-6-23)2-1-15-30-16-18-33-19-17-30/h3-14,20,29H,1-2,15-19,21H2/b11-8+,12-9+. The molecule has 1 aliphatic heterocycles. The van der Waals surface area contributed by atoms with Crippen LogP contribution < -0.4 is 0 Å². The van der Waals surface area contributed by atoms with E-state index >= 15 is 0 Å². The molecule has 0 unspecified atom stereocenters. The molecule has 1 aliphatic rings. The Morgan fingerprint density at radius 3 is 2.36 bits per heavy atom. The van der Waals surface area contributed by atoms with Gasteiger partial charge in [0.1, 0.15) is 0 Å². The van der Waals surface area contributed by atoms with Crippen molar-refractivity contribution in [2.75, 3.05) is 32.8 Å². The summed E-state index contributed by atoms with van der Waals surface area (Å²) < 4.78 is 5.38.